The molecule has 1 fully saturated rings. The van der Waals surface area contributed by atoms with Gasteiger partial charge in [-0.05, 0) is 24.6 Å². The largest absolute Gasteiger partial charge is 0.351 e. The molecule has 1 saturated heterocycles. The van der Waals surface area contributed by atoms with E-state index in [0.29, 0.717) is 6.04 Å². The monoisotopic (exact) mass is 241 g/mol. The van der Waals surface area contributed by atoms with Crippen LogP contribution in [0.2, 0.25) is 0 Å². The number of benzene rings is 1. The number of hydrogen-bond donors (Lipinski definition) is 1. The van der Waals surface area contributed by atoms with E-state index < -0.39 is 0 Å². The van der Waals surface area contributed by atoms with Gasteiger partial charge in [-0.2, -0.15) is 0 Å². The number of nitrogens with one attached hydrogen (secondary N) is 1. The molecule has 0 aliphatic carbocycles. The number of anilines is 1. The molecule has 0 amide bonds. The summed E-state index contributed by atoms with van der Waals surface area (Å²) in [6, 6.07) is 13.2. The van der Waals surface area contributed by atoms with E-state index in [1.807, 2.05) is 6.07 Å². The number of pyridine rings is 1. The van der Waals surface area contributed by atoms with Crippen LogP contribution >= 0.6 is 0 Å². The Bertz CT molecular complexity index is 534. The predicted octanol–water partition coefficient (Wildman–Crippen LogP) is 2.42. The minimum atomic E-state index is 0.610. The summed E-state index contributed by atoms with van der Waals surface area (Å²) in [6.45, 7) is 5.46. The van der Waals surface area contributed by atoms with Crippen molar-refractivity contribution in [3.8, 4) is 0 Å². The standard InChI is InChI=1S/C15H19N3/c1-2-9-18(13-10-16-11-13)15-8-7-12-5-3-4-6-14(12)17-15/h3-8,13,16H,2,9-11H2,1H3. The molecule has 1 aromatic heterocycles. The molecule has 3 rings (SSSR count). The van der Waals surface area contributed by atoms with Crippen molar-refractivity contribution in [2.75, 3.05) is 24.5 Å². The van der Waals surface area contributed by atoms with Crippen molar-refractivity contribution in [3.05, 3.63) is 36.4 Å². The van der Waals surface area contributed by atoms with Gasteiger partial charge in [0.05, 0.1) is 11.6 Å². The van der Waals surface area contributed by atoms with Gasteiger partial charge < -0.3 is 10.2 Å². The predicted molar refractivity (Wildman–Crippen MR) is 76.0 cm³/mol. The lowest BCUT2D eigenvalue weighted by Gasteiger charge is -2.39. The molecule has 2 heterocycles. The molecule has 1 aromatic carbocycles. The van der Waals surface area contributed by atoms with Crippen molar-refractivity contribution in [1.82, 2.24) is 10.3 Å². The van der Waals surface area contributed by atoms with Crippen molar-refractivity contribution >= 4 is 16.7 Å². The molecule has 18 heavy (non-hydrogen) atoms. The molecule has 1 aliphatic rings. The Labute approximate surface area is 108 Å². The summed E-state index contributed by atoms with van der Waals surface area (Å²) in [6.07, 6.45) is 1.16. The maximum Gasteiger partial charge on any atom is 0.129 e. The second kappa shape index (κ2) is 4.94. The van der Waals surface area contributed by atoms with E-state index in [-0.39, 0.29) is 0 Å². The molecule has 0 spiro atoms. The van der Waals surface area contributed by atoms with Gasteiger partial charge in [0.25, 0.3) is 0 Å². The van der Waals surface area contributed by atoms with Crippen molar-refractivity contribution in [2.45, 2.75) is 19.4 Å². The third kappa shape index (κ3) is 2.06. The Morgan fingerprint density at radius 2 is 2.06 bits per heavy atom. The third-order valence-electron chi connectivity index (χ3n) is 3.54. The third-order valence-corrected chi connectivity index (χ3v) is 3.54. The topological polar surface area (TPSA) is 28.2 Å². The zero-order valence-corrected chi connectivity index (χ0v) is 10.8. The molecule has 94 valence electrons. The fourth-order valence-electron chi connectivity index (χ4n) is 2.43. The highest BCUT2D eigenvalue weighted by atomic mass is 15.3. The van der Waals surface area contributed by atoms with Crippen LogP contribution in [0.5, 0.6) is 0 Å². The van der Waals surface area contributed by atoms with E-state index in [1.54, 1.807) is 0 Å². The zero-order valence-electron chi connectivity index (χ0n) is 10.8. The molecule has 0 saturated carbocycles. The van der Waals surface area contributed by atoms with Gasteiger partial charge >= 0.3 is 0 Å². The summed E-state index contributed by atoms with van der Waals surface area (Å²) < 4.78 is 0. The van der Waals surface area contributed by atoms with Crippen LogP contribution < -0.4 is 10.2 Å². The van der Waals surface area contributed by atoms with E-state index in [1.165, 1.54) is 5.39 Å². The Balaban J connectivity index is 1.95. The van der Waals surface area contributed by atoms with Crippen LogP contribution in [0.1, 0.15) is 13.3 Å². The molecule has 2 aromatic rings. The highest BCUT2D eigenvalue weighted by Gasteiger charge is 2.24. The van der Waals surface area contributed by atoms with Gasteiger partial charge in [-0.15, -0.1) is 0 Å². The highest BCUT2D eigenvalue weighted by molar-refractivity contribution is 5.80. The number of fused-ring (bicyclic) bond motifs is 1. The van der Waals surface area contributed by atoms with Gasteiger partial charge in [-0.25, -0.2) is 4.98 Å². The first-order chi connectivity index (χ1) is 8.88. The quantitative estimate of drug-likeness (QED) is 0.891. The molecular formula is C15H19N3. The van der Waals surface area contributed by atoms with Crippen LogP contribution in [0.15, 0.2) is 36.4 Å². The summed E-state index contributed by atoms with van der Waals surface area (Å²) in [7, 11) is 0. The zero-order chi connectivity index (χ0) is 12.4. The number of rotatable bonds is 4. The van der Waals surface area contributed by atoms with Crippen molar-refractivity contribution in [3.63, 3.8) is 0 Å². The maximum absolute atomic E-state index is 4.80. The lowest BCUT2D eigenvalue weighted by atomic mass is 10.1. The Hall–Kier alpha value is -1.61. The van der Waals surface area contributed by atoms with E-state index in [9.17, 15) is 0 Å². The Morgan fingerprint density at radius 1 is 1.22 bits per heavy atom. The number of aromatic nitrogens is 1. The van der Waals surface area contributed by atoms with Crippen LogP contribution in [-0.2, 0) is 0 Å². The summed E-state index contributed by atoms with van der Waals surface area (Å²) >= 11 is 0. The SMILES string of the molecule is CCCN(c1ccc2ccccc2n1)C1CNC1. The molecule has 0 atom stereocenters. The van der Waals surface area contributed by atoms with Crippen LogP contribution in [0, 0.1) is 0 Å². The van der Waals surface area contributed by atoms with Gasteiger partial charge in [-0.1, -0.05) is 25.1 Å². The van der Waals surface area contributed by atoms with Crippen molar-refractivity contribution < 1.29 is 0 Å². The summed E-state index contributed by atoms with van der Waals surface area (Å²) in [4.78, 5) is 7.23. The minimum absolute atomic E-state index is 0.610. The lowest BCUT2D eigenvalue weighted by Crippen LogP contribution is -2.57. The average Bonchev–Trinajstić information content (AvgIpc) is 2.35. The smallest absolute Gasteiger partial charge is 0.129 e. The lowest BCUT2D eigenvalue weighted by molar-refractivity contribution is 0.410. The fraction of sp³-hybridized carbons (Fsp3) is 0.400. The van der Waals surface area contributed by atoms with Crippen LogP contribution in [0.4, 0.5) is 5.82 Å². The van der Waals surface area contributed by atoms with E-state index >= 15 is 0 Å². The van der Waals surface area contributed by atoms with Crippen LogP contribution in [-0.4, -0.2) is 30.7 Å². The molecule has 0 bridgehead atoms. The Kier molecular flexibility index (Phi) is 3.15. The summed E-state index contributed by atoms with van der Waals surface area (Å²) in [5, 5.41) is 4.55. The van der Waals surface area contributed by atoms with E-state index in [0.717, 1.165) is 37.4 Å². The molecule has 3 nitrogen and oxygen atoms in total. The number of nitrogens with zero attached hydrogens (tertiary/aromatic N) is 2. The average molecular weight is 241 g/mol. The molecule has 1 N–H and O–H groups in total. The normalized spacial score (nSPS) is 15.6. The second-order valence-electron chi connectivity index (χ2n) is 4.87. The second-order valence-corrected chi connectivity index (χ2v) is 4.87. The van der Waals surface area contributed by atoms with Gasteiger partial charge in [-0.3, -0.25) is 0 Å². The highest BCUT2D eigenvalue weighted by Crippen LogP contribution is 2.21. The van der Waals surface area contributed by atoms with Crippen molar-refractivity contribution in [2.24, 2.45) is 0 Å². The summed E-state index contributed by atoms with van der Waals surface area (Å²) in [5.41, 5.74) is 1.09. The van der Waals surface area contributed by atoms with E-state index in [4.69, 9.17) is 4.98 Å². The molecule has 1 aliphatic heterocycles. The summed E-state index contributed by atoms with van der Waals surface area (Å²) in [5.74, 6) is 1.11. The van der Waals surface area contributed by atoms with Gasteiger partial charge in [0.2, 0.25) is 0 Å². The fourth-order valence-corrected chi connectivity index (χ4v) is 2.43. The molecule has 3 heteroatoms. The van der Waals surface area contributed by atoms with Crippen LogP contribution in [0.3, 0.4) is 0 Å². The van der Waals surface area contributed by atoms with Gasteiger partial charge in [0.1, 0.15) is 5.82 Å². The first-order valence-electron chi connectivity index (χ1n) is 6.71. The number of para-hydroxylation sites is 1. The maximum atomic E-state index is 4.80. The van der Waals surface area contributed by atoms with E-state index in [2.05, 4.69) is 47.5 Å². The molecule has 0 unspecified atom stereocenters. The molecular weight excluding hydrogens is 222 g/mol. The van der Waals surface area contributed by atoms with Crippen molar-refractivity contribution in [1.29, 1.82) is 0 Å². The van der Waals surface area contributed by atoms with Crippen LogP contribution in [0.25, 0.3) is 10.9 Å². The Morgan fingerprint density at radius 3 is 2.78 bits per heavy atom. The molecule has 0 radical (unpaired) electrons. The first kappa shape index (κ1) is 11.5. The minimum Gasteiger partial charge on any atom is -0.351 e. The number of hydrogen-bond acceptors (Lipinski definition) is 3. The first-order valence-corrected chi connectivity index (χ1v) is 6.71. The van der Waals surface area contributed by atoms with Gasteiger partial charge in [0.15, 0.2) is 0 Å². The van der Waals surface area contributed by atoms with Gasteiger partial charge in [0, 0.05) is 25.0 Å².